The van der Waals surface area contributed by atoms with Crippen molar-refractivity contribution in [3.05, 3.63) is 83.4 Å². The van der Waals surface area contributed by atoms with Crippen molar-refractivity contribution in [1.29, 1.82) is 0 Å². The summed E-state index contributed by atoms with van der Waals surface area (Å²) in [5.74, 6) is 1.74. The number of aromatic nitrogens is 3. The molecule has 2 N–H and O–H groups in total. The number of ether oxygens (including phenoxy) is 1. The number of nitrogens with one attached hydrogen (secondary N) is 2. The molecule has 0 bridgehead atoms. The summed E-state index contributed by atoms with van der Waals surface area (Å²) in [6.07, 6.45) is 7.88. The van der Waals surface area contributed by atoms with Gasteiger partial charge in [-0.1, -0.05) is 44.2 Å². The minimum atomic E-state index is 0.849. The Kier molecular flexibility index (Phi) is 8.64. The zero-order chi connectivity index (χ0) is 23.6. The number of nitrogens with zero attached hydrogens (tertiary/aromatic N) is 2. The van der Waals surface area contributed by atoms with Crippen LogP contribution in [0.15, 0.2) is 61.1 Å². The summed E-state index contributed by atoms with van der Waals surface area (Å²) in [6, 6.07) is 16.5. The Balaban J connectivity index is 0.00000149. The molecular formula is C28H34N4O. The molecule has 2 aromatic carbocycles. The number of aryl methyl sites for hydroxylation is 1. The van der Waals surface area contributed by atoms with Crippen molar-refractivity contribution in [2.45, 2.75) is 40.5 Å². The Morgan fingerprint density at radius 2 is 1.91 bits per heavy atom. The Bertz CT molecular complexity index is 1210. The molecule has 0 radical (unpaired) electrons. The van der Waals surface area contributed by atoms with E-state index in [1.165, 1.54) is 16.5 Å². The van der Waals surface area contributed by atoms with Crippen LogP contribution in [0.3, 0.4) is 0 Å². The number of benzene rings is 2. The SMILES string of the molecule is CC.COc1cccc(/C(C)=C/c2ncnc(NCCCc3c[nH]c4ccccc34)c2C)c1. The summed E-state index contributed by atoms with van der Waals surface area (Å²) in [7, 11) is 1.68. The van der Waals surface area contributed by atoms with E-state index in [0.717, 1.165) is 53.3 Å². The number of anilines is 1. The van der Waals surface area contributed by atoms with Gasteiger partial charge in [0.2, 0.25) is 0 Å². The number of hydrogen-bond donors (Lipinski definition) is 2. The van der Waals surface area contributed by atoms with Gasteiger partial charge in [0.15, 0.2) is 0 Å². The molecule has 33 heavy (non-hydrogen) atoms. The van der Waals surface area contributed by atoms with Crippen LogP contribution < -0.4 is 10.1 Å². The van der Waals surface area contributed by atoms with Crippen molar-refractivity contribution in [2.24, 2.45) is 0 Å². The molecule has 0 aliphatic rings. The highest BCUT2D eigenvalue weighted by Crippen LogP contribution is 2.24. The van der Waals surface area contributed by atoms with E-state index in [-0.39, 0.29) is 0 Å². The number of aromatic amines is 1. The van der Waals surface area contributed by atoms with Crippen molar-refractivity contribution in [2.75, 3.05) is 19.0 Å². The van der Waals surface area contributed by atoms with E-state index < -0.39 is 0 Å². The maximum absolute atomic E-state index is 5.34. The second-order valence-corrected chi connectivity index (χ2v) is 7.68. The third-order valence-corrected chi connectivity index (χ3v) is 5.59. The number of H-pyrrole nitrogens is 1. The smallest absolute Gasteiger partial charge is 0.132 e. The van der Waals surface area contributed by atoms with E-state index in [0.29, 0.717) is 0 Å². The zero-order valence-corrected chi connectivity index (χ0v) is 20.3. The molecule has 0 spiro atoms. The molecule has 5 heteroatoms. The van der Waals surface area contributed by atoms with E-state index in [1.807, 2.05) is 32.0 Å². The van der Waals surface area contributed by atoms with Gasteiger partial charge in [-0.25, -0.2) is 9.97 Å². The van der Waals surface area contributed by atoms with Gasteiger partial charge in [-0.05, 0) is 67.7 Å². The number of hydrogen-bond acceptors (Lipinski definition) is 4. The van der Waals surface area contributed by atoms with Crippen LogP contribution in [-0.2, 0) is 6.42 Å². The first-order chi connectivity index (χ1) is 16.2. The molecular weight excluding hydrogens is 408 g/mol. The zero-order valence-electron chi connectivity index (χ0n) is 20.3. The predicted molar refractivity (Wildman–Crippen MR) is 140 cm³/mol. The lowest BCUT2D eigenvalue weighted by atomic mass is 10.0. The molecule has 0 atom stereocenters. The molecule has 2 heterocycles. The summed E-state index contributed by atoms with van der Waals surface area (Å²) < 4.78 is 5.34. The van der Waals surface area contributed by atoms with Gasteiger partial charge in [-0.3, -0.25) is 0 Å². The third-order valence-electron chi connectivity index (χ3n) is 5.59. The Morgan fingerprint density at radius 3 is 2.73 bits per heavy atom. The highest BCUT2D eigenvalue weighted by atomic mass is 16.5. The average molecular weight is 443 g/mol. The Labute approximate surface area is 197 Å². The lowest BCUT2D eigenvalue weighted by Gasteiger charge is -2.11. The number of methoxy groups -OCH3 is 1. The highest BCUT2D eigenvalue weighted by Gasteiger charge is 2.07. The molecule has 0 fully saturated rings. The van der Waals surface area contributed by atoms with Crippen LogP contribution in [0.1, 0.15) is 49.6 Å². The molecule has 0 unspecified atom stereocenters. The summed E-state index contributed by atoms with van der Waals surface area (Å²) in [6.45, 7) is 9.01. The van der Waals surface area contributed by atoms with Crippen molar-refractivity contribution in [3.63, 3.8) is 0 Å². The monoisotopic (exact) mass is 442 g/mol. The van der Waals surface area contributed by atoms with Crippen LogP contribution in [-0.4, -0.2) is 28.6 Å². The van der Waals surface area contributed by atoms with Crippen molar-refractivity contribution in [3.8, 4) is 5.75 Å². The summed E-state index contributed by atoms with van der Waals surface area (Å²) in [4.78, 5) is 12.3. The summed E-state index contributed by atoms with van der Waals surface area (Å²) in [5.41, 5.74) is 6.78. The molecule has 0 aliphatic carbocycles. The first-order valence-corrected chi connectivity index (χ1v) is 11.6. The second-order valence-electron chi connectivity index (χ2n) is 7.68. The highest BCUT2D eigenvalue weighted by molar-refractivity contribution is 5.83. The van der Waals surface area contributed by atoms with Gasteiger partial charge in [0.25, 0.3) is 0 Å². The van der Waals surface area contributed by atoms with Gasteiger partial charge in [-0.2, -0.15) is 0 Å². The van der Waals surface area contributed by atoms with Gasteiger partial charge in [-0.15, -0.1) is 0 Å². The lowest BCUT2D eigenvalue weighted by Crippen LogP contribution is -2.07. The largest absolute Gasteiger partial charge is 0.497 e. The van der Waals surface area contributed by atoms with Gasteiger partial charge in [0, 0.05) is 29.2 Å². The van der Waals surface area contributed by atoms with Crippen LogP contribution in [0, 0.1) is 6.92 Å². The van der Waals surface area contributed by atoms with Gasteiger partial charge < -0.3 is 15.0 Å². The maximum Gasteiger partial charge on any atom is 0.132 e. The Morgan fingerprint density at radius 1 is 1.09 bits per heavy atom. The number of para-hydroxylation sites is 1. The van der Waals surface area contributed by atoms with E-state index in [4.69, 9.17) is 4.74 Å². The topological polar surface area (TPSA) is 62.8 Å². The van der Waals surface area contributed by atoms with Gasteiger partial charge >= 0.3 is 0 Å². The van der Waals surface area contributed by atoms with Crippen molar-refractivity contribution >= 4 is 28.4 Å². The summed E-state index contributed by atoms with van der Waals surface area (Å²) in [5, 5.41) is 4.79. The summed E-state index contributed by atoms with van der Waals surface area (Å²) >= 11 is 0. The molecule has 4 rings (SSSR count). The minimum absolute atomic E-state index is 0.849. The number of allylic oxidation sites excluding steroid dienone is 1. The average Bonchev–Trinajstić information content (AvgIpc) is 3.28. The fraction of sp³-hybridized carbons (Fsp3) is 0.286. The van der Waals surface area contributed by atoms with Crippen LogP contribution in [0.5, 0.6) is 5.75 Å². The molecule has 0 saturated heterocycles. The molecule has 5 nitrogen and oxygen atoms in total. The van der Waals surface area contributed by atoms with Crippen LogP contribution >= 0.6 is 0 Å². The van der Waals surface area contributed by atoms with E-state index in [1.54, 1.807) is 13.4 Å². The number of rotatable bonds is 8. The fourth-order valence-electron chi connectivity index (χ4n) is 3.77. The van der Waals surface area contributed by atoms with E-state index in [2.05, 4.69) is 76.7 Å². The van der Waals surface area contributed by atoms with Crippen molar-refractivity contribution in [1.82, 2.24) is 15.0 Å². The van der Waals surface area contributed by atoms with Crippen LogP contribution in [0.25, 0.3) is 22.6 Å². The molecule has 2 aromatic heterocycles. The fourth-order valence-corrected chi connectivity index (χ4v) is 3.77. The lowest BCUT2D eigenvalue weighted by molar-refractivity contribution is 0.414. The van der Waals surface area contributed by atoms with Crippen LogP contribution in [0.4, 0.5) is 5.82 Å². The molecule has 4 aromatic rings. The maximum atomic E-state index is 5.34. The molecule has 0 saturated carbocycles. The quantitative estimate of drug-likeness (QED) is 0.291. The first kappa shape index (κ1) is 24.1. The van der Waals surface area contributed by atoms with Crippen molar-refractivity contribution < 1.29 is 4.74 Å². The molecule has 0 aliphatic heterocycles. The predicted octanol–water partition coefficient (Wildman–Crippen LogP) is 6.91. The van der Waals surface area contributed by atoms with Gasteiger partial charge in [0.1, 0.15) is 17.9 Å². The molecule has 0 amide bonds. The minimum Gasteiger partial charge on any atom is -0.497 e. The van der Waals surface area contributed by atoms with Crippen LogP contribution in [0.2, 0.25) is 0 Å². The number of fused-ring (bicyclic) bond motifs is 1. The van der Waals surface area contributed by atoms with Gasteiger partial charge in [0.05, 0.1) is 12.8 Å². The second kappa shape index (κ2) is 11.9. The normalized spacial score (nSPS) is 11.1. The van der Waals surface area contributed by atoms with E-state index >= 15 is 0 Å². The van der Waals surface area contributed by atoms with E-state index in [9.17, 15) is 0 Å². The molecule has 172 valence electrons. The third kappa shape index (κ3) is 6.01. The Hall–Kier alpha value is -3.60. The standard InChI is InChI=1S/C26H28N4O.C2H6/c1-18(20-8-6-10-22(15-20)31-3)14-25-19(2)26(30-17-29-25)27-13-7-9-21-16-28-24-12-5-4-11-23(21)24;1-2/h4-6,8,10-12,14-17,28H,7,9,13H2,1-3H3,(H,27,29,30);1-2H3/b18-14+;. The first-order valence-electron chi connectivity index (χ1n) is 11.6.